The van der Waals surface area contributed by atoms with Crippen LogP contribution in [0.2, 0.25) is 0 Å². The fourth-order valence-electron chi connectivity index (χ4n) is 3.99. The topological polar surface area (TPSA) is 134 Å². The maximum atomic E-state index is 14.3. The zero-order valence-electron chi connectivity index (χ0n) is 29.0. The summed E-state index contributed by atoms with van der Waals surface area (Å²) in [4.78, 5) is 45.3. The Hall–Kier alpha value is -4.91. The van der Waals surface area contributed by atoms with Gasteiger partial charge in [-0.25, -0.2) is 18.8 Å². The van der Waals surface area contributed by atoms with E-state index in [-0.39, 0.29) is 44.6 Å². The molecule has 0 saturated carbocycles. The summed E-state index contributed by atoms with van der Waals surface area (Å²) in [6, 6.07) is 11.1. The van der Waals surface area contributed by atoms with Crippen molar-refractivity contribution in [2.24, 2.45) is 4.99 Å². The van der Waals surface area contributed by atoms with Gasteiger partial charge in [0.1, 0.15) is 29.4 Å². The highest BCUT2D eigenvalue weighted by Crippen LogP contribution is 2.22. The van der Waals surface area contributed by atoms with Gasteiger partial charge in [0.15, 0.2) is 0 Å². The van der Waals surface area contributed by atoms with E-state index in [4.69, 9.17) is 14.2 Å². The molecule has 2 rings (SSSR count). The fraction of sp³-hybridized carbons (Fsp3) is 0.429. The number of ether oxygens (including phenoxy) is 3. The highest BCUT2D eigenvalue weighted by molar-refractivity contribution is 6.00. The number of likely N-dealkylation sites (N-methyl/N-ethyl adjacent to an activating group) is 1. The van der Waals surface area contributed by atoms with Crippen molar-refractivity contribution in [2.45, 2.75) is 65.9 Å². The van der Waals surface area contributed by atoms with E-state index in [1.165, 1.54) is 23.1 Å². The maximum absolute atomic E-state index is 14.3. The maximum Gasteiger partial charge on any atom is 0.437 e. The van der Waals surface area contributed by atoms with Crippen molar-refractivity contribution >= 4 is 30.3 Å². The van der Waals surface area contributed by atoms with Crippen LogP contribution in [0.4, 0.5) is 18.8 Å². The summed E-state index contributed by atoms with van der Waals surface area (Å²) in [5, 5.41) is 8.25. The molecular weight excluding hydrogens is 619 g/mol. The van der Waals surface area contributed by atoms with Crippen LogP contribution in [-0.2, 0) is 22.6 Å². The van der Waals surface area contributed by atoms with Crippen molar-refractivity contribution in [1.29, 1.82) is 0 Å². The first-order valence-electron chi connectivity index (χ1n) is 15.5. The molecule has 0 saturated heterocycles. The Morgan fingerprint density at radius 1 is 0.938 bits per heavy atom. The molecule has 0 spiro atoms. The molecule has 12 nitrogen and oxygen atoms in total. The number of urea groups is 1. The average Bonchev–Trinajstić information content (AvgIpc) is 2.98. The standard InChI is InChI=1S/C35H49FN6O6/c1-10-18-42(20-19-41(9)24-38-32(44)47-34(3,4)5)31(43)39-30(40-33(45)48-35(6,7)8)37-22-26-16-17-28(36)21-29(26)46-23-27-15-13-12-14-25(27)11-2/h10-17,21H,1-2,18-20,22-24H2,3-9H3,(H,38,44)(H2,37,39,40,43,45). The number of nitrogens with one attached hydrogen (secondary N) is 3. The lowest BCUT2D eigenvalue weighted by Gasteiger charge is -2.26. The molecule has 0 radical (unpaired) electrons. The fourth-order valence-corrected chi connectivity index (χ4v) is 3.99. The highest BCUT2D eigenvalue weighted by atomic mass is 19.1. The van der Waals surface area contributed by atoms with Crippen LogP contribution in [0.25, 0.3) is 6.08 Å². The Morgan fingerprint density at radius 3 is 2.27 bits per heavy atom. The van der Waals surface area contributed by atoms with E-state index < -0.39 is 35.2 Å². The predicted octanol–water partition coefficient (Wildman–Crippen LogP) is 6.04. The number of benzene rings is 2. The van der Waals surface area contributed by atoms with Gasteiger partial charge in [-0.3, -0.25) is 10.2 Å². The van der Waals surface area contributed by atoms with Crippen LogP contribution in [0.1, 0.15) is 58.2 Å². The normalized spacial score (nSPS) is 11.7. The lowest BCUT2D eigenvalue weighted by atomic mass is 10.1. The van der Waals surface area contributed by atoms with E-state index in [0.717, 1.165) is 11.1 Å². The number of hydrogen-bond donors (Lipinski definition) is 3. The molecule has 0 aliphatic heterocycles. The first-order chi connectivity index (χ1) is 22.5. The van der Waals surface area contributed by atoms with Crippen LogP contribution in [0, 0.1) is 5.82 Å². The molecule has 2 aromatic carbocycles. The Morgan fingerprint density at radius 2 is 1.62 bits per heavy atom. The summed E-state index contributed by atoms with van der Waals surface area (Å²) in [5.74, 6) is -0.413. The van der Waals surface area contributed by atoms with Gasteiger partial charge >= 0.3 is 18.2 Å². The number of rotatable bonds is 13. The van der Waals surface area contributed by atoms with Gasteiger partial charge in [-0.15, -0.1) is 11.6 Å². The zero-order chi connectivity index (χ0) is 35.9. The second kappa shape index (κ2) is 18.4. The predicted molar refractivity (Wildman–Crippen MR) is 185 cm³/mol. The number of amides is 4. The average molecular weight is 669 g/mol. The third kappa shape index (κ3) is 15.1. The zero-order valence-corrected chi connectivity index (χ0v) is 29.0. The number of aliphatic imine (C=N–C) groups is 1. The summed E-state index contributed by atoms with van der Waals surface area (Å²) in [5.41, 5.74) is 0.834. The van der Waals surface area contributed by atoms with E-state index >= 15 is 0 Å². The van der Waals surface area contributed by atoms with Crippen molar-refractivity contribution in [3.05, 3.63) is 84.2 Å². The first-order valence-corrected chi connectivity index (χ1v) is 15.5. The van der Waals surface area contributed by atoms with Gasteiger partial charge in [0, 0.05) is 37.8 Å². The van der Waals surface area contributed by atoms with E-state index in [1.807, 2.05) is 24.3 Å². The monoisotopic (exact) mass is 668 g/mol. The van der Waals surface area contributed by atoms with E-state index in [2.05, 4.69) is 34.1 Å². The second-order valence-corrected chi connectivity index (χ2v) is 12.8. The van der Waals surface area contributed by atoms with Crippen LogP contribution in [0.15, 0.2) is 66.7 Å². The van der Waals surface area contributed by atoms with E-state index in [1.54, 1.807) is 65.6 Å². The number of alkyl carbamates (subject to hydrolysis) is 1. The molecule has 2 aromatic rings. The molecule has 0 aliphatic rings. The third-order valence-corrected chi connectivity index (χ3v) is 6.24. The van der Waals surface area contributed by atoms with Gasteiger partial charge < -0.3 is 29.7 Å². The molecule has 13 heteroatoms. The largest absolute Gasteiger partial charge is 0.488 e. The summed E-state index contributed by atoms with van der Waals surface area (Å²) in [6.07, 6.45) is 1.79. The Labute approximate surface area is 283 Å². The van der Waals surface area contributed by atoms with Crippen molar-refractivity contribution in [3.8, 4) is 5.75 Å². The minimum Gasteiger partial charge on any atom is -0.488 e. The van der Waals surface area contributed by atoms with Crippen molar-refractivity contribution in [2.75, 3.05) is 33.4 Å². The molecule has 3 N–H and O–H groups in total. The molecular formula is C35H49FN6O6. The summed E-state index contributed by atoms with van der Waals surface area (Å²) < 4.78 is 30.8. The summed E-state index contributed by atoms with van der Waals surface area (Å²) in [6.45, 7) is 19.1. The Kier molecular flexibility index (Phi) is 15.1. The van der Waals surface area contributed by atoms with Crippen LogP contribution in [-0.4, -0.2) is 78.5 Å². The number of halogens is 1. The van der Waals surface area contributed by atoms with Crippen LogP contribution in [0.5, 0.6) is 5.75 Å². The Balaban J connectivity index is 2.18. The van der Waals surface area contributed by atoms with Crippen LogP contribution in [0.3, 0.4) is 0 Å². The van der Waals surface area contributed by atoms with E-state index in [0.29, 0.717) is 12.1 Å². The SMILES string of the molecule is C=CCN(CCN(C)CNC(=O)OC(C)(C)C)C(=O)NC(=NC(=O)OC(C)(C)C)NCc1ccc(F)cc1OCc1ccccc1C=C. The van der Waals surface area contributed by atoms with Crippen molar-refractivity contribution in [3.63, 3.8) is 0 Å². The molecule has 0 aliphatic carbocycles. The lowest BCUT2D eigenvalue weighted by molar-refractivity contribution is 0.0495. The summed E-state index contributed by atoms with van der Waals surface area (Å²) >= 11 is 0. The van der Waals surface area contributed by atoms with Gasteiger partial charge in [0.25, 0.3) is 0 Å². The van der Waals surface area contributed by atoms with Crippen LogP contribution >= 0.6 is 0 Å². The summed E-state index contributed by atoms with van der Waals surface area (Å²) in [7, 11) is 1.77. The molecule has 0 unspecified atom stereocenters. The minimum atomic E-state index is -0.926. The smallest absolute Gasteiger partial charge is 0.437 e. The van der Waals surface area contributed by atoms with Gasteiger partial charge in [-0.05, 0) is 65.8 Å². The number of guanidine groups is 1. The molecule has 0 atom stereocenters. The molecule has 0 heterocycles. The Bertz CT molecular complexity index is 1450. The molecule has 0 fully saturated rings. The minimum absolute atomic E-state index is 0.0150. The number of hydrogen-bond acceptors (Lipinski definition) is 7. The molecule has 262 valence electrons. The van der Waals surface area contributed by atoms with Crippen molar-refractivity contribution < 1.29 is 33.0 Å². The lowest BCUT2D eigenvalue weighted by Crippen LogP contribution is -2.50. The molecule has 0 aromatic heterocycles. The van der Waals surface area contributed by atoms with Crippen LogP contribution < -0.4 is 20.7 Å². The third-order valence-electron chi connectivity index (χ3n) is 6.24. The molecule has 0 bridgehead atoms. The molecule has 48 heavy (non-hydrogen) atoms. The van der Waals surface area contributed by atoms with Gasteiger partial charge in [-0.1, -0.05) is 49.1 Å². The number of carbonyl (C=O) groups is 3. The van der Waals surface area contributed by atoms with Crippen molar-refractivity contribution in [1.82, 2.24) is 25.8 Å². The quantitative estimate of drug-likeness (QED) is 0.102. The number of nitrogens with zero attached hydrogens (tertiary/aromatic N) is 3. The van der Waals surface area contributed by atoms with Gasteiger partial charge in [0.05, 0.1) is 6.67 Å². The highest BCUT2D eigenvalue weighted by Gasteiger charge is 2.21. The van der Waals surface area contributed by atoms with Gasteiger partial charge in [-0.2, -0.15) is 0 Å². The van der Waals surface area contributed by atoms with Gasteiger partial charge in [0.2, 0.25) is 5.96 Å². The molecule has 4 amide bonds. The number of carbonyl (C=O) groups excluding carboxylic acids is 3. The van der Waals surface area contributed by atoms with E-state index in [9.17, 15) is 18.8 Å². The first kappa shape index (κ1) is 39.3. The second-order valence-electron chi connectivity index (χ2n) is 12.8.